The van der Waals surface area contributed by atoms with E-state index in [0.717, 1.165) is 11.0 Å². The lowest BCUT2D eigenvalue weighted by Crippen LogP contribution is -2.12. The van der Waals surface area contributed by atoms with Crippen molar-refractivity contribution in [2.24, 2.45) is 5.73 Å². The molecule has 0 aliphatic carbocycles. The summed E-state index contributed by atoms with van der Waals surface area (Å²) in [6.45, 7) is 3.03. The van der Waals surface area contributed by atoms with Crippen LogP contribution in [0.25, 0.3) is 0 Å². The topological polar surface area (TPSA) is 26.0 Å². The van der Waals surface area contributed by atoms with E-state index in [9.17, 15) is 0 Å². The monoisotopic (exact) mass is 325 g/mol. The predicted octanol–water partition coefficient (Wildman–Crippen LogP) is 5.63. The Hall–Kier alpha value is -0.340. The number of halogens is 1. The van der Waals surface area contributed by atoms with E-state index in [2.05, 4.69) is 47.1 Å². The molecule has 0 fully saturated rings. The molecule has 0 spiro atoms. The van der Waals surface area contributed by atoms with Crippen LogP contribution in [0.2, 0.25) is 0 Å². The minimum atomic E-state index is 0.531. The summed E-state index contributed by atoms with van der Waals surface area (Å²) >= 11 is 3.48. The van der Waals surface area contributed by atoms with Gasteiger partial charge in [-0.2, -0.15) is 0 Å². The van der Waals surface area contributed by atoms with Gasteiger partial charge in [0.05, 0.1) is 0 Å². The maximum absolute atomic E-state index is 5.91. The van der Waals surface area contributed by atoms with E-state index < -0.39 is 0 Å². The summed E-state index contributed by atoms with van der Waals surface area (Å²) < 4.78 is 1.14. The summed E-state index contributed by atoms with van der Waals surface area (Å²) in [5, 5.41) is 0. The third-order valence-electron chi connectivity index (χ3n) is 3.78. The van der Waals surface area contributed by atoms with E-state index in [1.807, 2.05) is 0 Å². The Morgan fingerprint density at radius 1 is 0.947 bits per heavy atom. The second-order valence-electron chi connectivity index (χ2n) is 5.39. The zero-order valence-electron chi connectivity index (χ0n) is 12.2. The van der Waals surface area contributed by atoms with Crippen molar-refractivity contribution in [1.29, 1.82) is 0 Å². The fourth-order valence-electron chi connectivity index (χ4n) is 2.50. The SMILES string of the molecule is CCCCCCCCCC(CN)c1ccc(Br)cc1. The zero-order chi connectivity index (χ0) is 13.9. The number of rotatable bonds is 10. The molecule has 2 heteroatoms. The molecule has 0 heterocycles. The van der Waals surface area contributed by atoms with Crippen LogP contribution < -0.4 is 5.73 Å². The van der Waals surface area contributed by atoms with E-state index in [-0.39, 0.29) is 0 Å². The van der Waals surface area contributed by atoms with Crippen molar-refractivity contribution in [2.45, 2.75) is 64.2 Å². The van der Waals surface area contributed by atoms with Gasteiger partial charge in [0.25, 0.3) is 0 Å². The molecule has 1 aromatic rings. The van der Waals surface area contributed by atoms with Gasteiger partial charge in [-0.15, -0.1) is 0 Å². The van der Waals surface area contributed by atoms with Gasteiger partial charge < -0.3 is 5.73 Å². The van der Waals surface area contributed by atoms with Crippen LogP contribution in [-0.2, 0) is 0 Å². The Morgan fingerprint density at radius 3 is 2.11 bits per heavy atom. The van der Waals surface area contributed by atoms with Crippen LogP contribution in [0.4, 0.5) is 0 Å². The second-order valence-corrected chi connectivity index (χ2v) is 6.31. The average Bonchev–Trinajstić information content (AvgIpc) is 2.43. The summed E-state index contributed by atoms with van der Waals surface area (Å²) in [6, 6.07) is 8.62. The van der Waals surface area contributed by atoms with E-state index in [1.165, 1.54) is 56.9 Å². The largest absolute Gasteiger partial charge is 0.330 e. The molecule has 1 atom stereocenters. The van der Waals surface area contributed by atoms with Crippen molar-refractivity contribution in [1.82, 2.24) is 0 Å². The Balaban J connectivity index is 2.20. The molecule has 0 aliphatic rings. The number of hydrogen-bond acceptors (Lipinski definition) is 1. The van der Waals surface area contributed by atoms with Crippen molar-refractivity contribution in [3.05, 3.63) is 34.3 Å². The molecule has 0 radical (unpaired) electrons. The van der Waals surface area contributed by atoms with Gasteiger partial charge in [0, 0.05) is 4.47 Å². The molecule has 1 aromatic carbocycles. The van der Waals surface area contributed by atoms with Gasteiger partial charge >= 0.3 is 0 Å². The summed E-state index contributed by atoms with van der Waals surface area (Å²) in [5.41, 5.74) is 7.30. The molecular formula is C17H28BrN. The van der Waals surface area contributed by atoms with Crippen LogP contribution >= 0.6 is 15.9 Å². The molecule has 1 unspecified atom stereocenters. The number of nitrogens with two attached hydrogens (primary N) is 1. The highest BCUT2D eigenvalue weighted by Crippen LogP contribution is 2.23. The highest BCUT2D eigenvalue weighted by Gasteiger charge is 2.08. The number of hydrogen-bond donors (Lipinski definition) is 1. The highest BCUT2D eigenvalue weighted by molar-refractivity contribution is 9.10. The van der Waals surface area contributed by atoms with Crippen molar-refractivity contribution in [3.63, 3.8) is 0 Å². The summed E-state index contributed by atoms with van der Waals surface area (Å²) in [4.78, 5) is 0. The van der Waals surface area contributed by atoms with Crippen molar-refractivity contribution >= 4 is 15.9 Å². The van der Waals surface area contributed by atoms with Gasteiger partial charge in [0.1, 0.15) is 0 Å². The molecule has 108 valence electrons. The van der Waals surface area contributed by atoms with Gasteiger partial charge in [-0.25, -0.2) is 0 Å². The number of benzene rings is 1. The third-order valence-corrected chi connectivity index (χ3v) is 4.31. The average molecular weight is 326 g/mol. The summed E-state index contributed by atoms with van der Waals surface area (Å²) in [7, 11) is 0. The van der Waals surface area contributed by atoms with Crippen LogP contribution in [0.5, 0.6) is 0 Å². The molecule has 19 heavy (non-hydrogen) atoms. The van der Waals surface area contributed by atoms with Crippen LogP contribution in [-0.4, -0.2) is 6.54 Å². The molecule has 0 bridgehead atoms. The molecule has 0 saturated carbocycles. The van der Waals surface area contributed by atoms with E-state index in [1.54, 1.807) is 0 Å². The Labute approximate surface area is 127 Å². The van der Waals surface area contributed by atoms with Gasteiger partial charge in [-0.3, -0.25) is 0 Å². The first-order chi connectivity index (χ1) is 9.27. The second kappa shape index (κ2) is 10.4. The van der Waals surface area contributed by atoms with Crippen LogP contribution in [0, 0.1) is 0 Å². The molecule has 1 nitrogen and oxygen atoms in total. The molecule has 2 N–H and O–H groups in total. The molecule has 0 saturated heterocycles. The van der Waals surface area contributed by atoms with Crippen molar-refractivity contribution in [2.75, 3.05) is 6.54 Å². The van der Waals surface area contributed by atoms with Gasteiger partial charge in [0.15, 0.2) is 0 Å². The van der Waals surface area contributed by atoms with Gasteiger partial charge in [-0.1, -0.05) is 79.9 Å². The van der Waals surface area contributed by atoms with E-state index in [0.29, 0.717) is 5.92 Å². The maximum Gasteiger partial charge on any atom is 0.0175 e. The van der Waals surface area contributed by atoms with E-state index in [4.69, 9.17) is 5.73 Å². The standard InChI is InChI=1S/C17H28BrN/c1-2-3-4-5-6-7-8-9-16(14-19)15-10-12-17(18)13-11-15/h10-13,16H,2-9,14,19H2,1H3. The molecule has 0 aliphatic heterocycles. The van der Waals surface area contributed by atoms with Crippen LogP contribution in [0.3, 0.4) is 0 Å². The van der Waals surface area contributed by atoms with Crippen LogP contribution in [0.15, 0.2) is 28.7 Å². The Morgan fingerprint density at radius 2 is 1.53 bits per heavy atom. The normalized spacial score (nSPS) is 12.6. The predicted molar refractivity (Wildman–Crippen MR) is 88.5 cm³/mol. The fourth-order valence-corrected chi connectivity index (χ4v) is 2.77. The minimum absolute atomic E-state index is 0.531. The molecule has 0 aromatic heterocycles. The summed E-state index contributed by atoms with van der Waals surface area (Å²) in [6.07, 6.45) is 10.8. The highest BCUT2D eigenvalue weighted by atomic mass is 79.9. The van der Waals surface area contributed by atoms with Crippen molar-refractivity contribution in [3.8, 4) is 0 Å². The lowest BCUT2D eigenvalue weighted by atomic mass is 9.93. The van der Waals surface area contributed by atoms with Gasteiger partial charge in [0.2, 0.25) is 0 Å². The Bertz CT molecular complexity index is 321. The molecule has 0 amide bonds. The minimum Gasteiger partial charge on any atom is -0.330 e. The quantitative estimate of drug-likeness (QED) is 0.554. The fraction of sp³-hybridized carbons (Fsp3) is 0.647. The van der Waals surface area contributed by atoms with Crippen molar-refractivity contribution < 1.29 is 0 Å². The van der Waals surface area contributed by atoms with Gasteiger partial charge in [-0.05, 0) is 36.6 Å². The first-order valence-corrected chi connectivity index (χ1v) is 8.52. The smallest absolute Gasteiger partial charge is 0.0175 e. The molecule has 1 rings (SSSR count). The van der Waals surface area contributed by atoms with E-state index >= 15 is 0 Å². The number of unbranched alkanes of at least 4 members (excludes halogenated alkanes) is 6. The van der Waals surface area contributed by atoms with Crippen LogP contribution in [0.1, 0.15) is 69.8 Å². The molecular weight excluding hydrogens is 298 g/mol. The first-order valence-electron chi connectivity index (χ1n) is 7.73. The maximum atomic E-state index is 5.91. The lowest BCUT2D eigenvalue weighted by Gasteiger charge is -2.15. The lowest BCUT2D eigenvalue weighted by molar-refractivity contribution is 0.537. The first kappa shape index (κ1) is 16.7. The Kier molecular flexibility index (Phi) is 9.19. The zero-order valence-corrected chi connectivity index (χ0v) is 13.8. The third kappa shape index (κ3) is 7.12. The summed E-state index contributed by atoms with van der Waals surface area (Å²) in [5.74, 6) is 0.531.